The summed E-state index contributed by atoms with van der Waals surface area (Å²) in [6, 6.07) is 21.7. The van der Waals surface area contributed by atoms with E-state index in [-0.39, 0.29) is 23.8 Å². The molecule has 0 aliphatic rings. The van der Waals surface area contributed by atoms with Gasteiger partial charge in [-0.2, -0.15) is 5.26 Å². The third-order valence-electron chi connectivity index (χ3n) is 4.96. The van der Waals surface area contributed by atoms with Gasteiger partial charge >= 0.3 is 0 Å². The Bertz CT molecular complexity index is 1200. The van der Waals surface area contributed by atoms with Gasteiger partial charge < -0.3 is 4.90 Å². The normalized spacial score (nSPS) is 11.2. The van der Waals surface area contributed by atoms with Crippen molar-refractivity contribution in [3.05, 3.63) is 77.9 Å². The van der Waals surface area contributed by atoms with Crippen molar-refractivity contribution in [3.8, 4) is 6.07 Å². The maximum atomic E-state index is 12.7. The molecule has 0 aromatic heterocycles. The fourth-order valence-electron chi connectivity index (χ4n) is 3.34. The molecule has 31 heavy (non-hydrogen) atoms. The summed E-state index contributed by atoms with van der Waals surface area (Å²) in [5.41, 5.74) is 1.50. The number of sulfonamides is 1. The zero-order valence-electron chi connectivity index (χ0n) is 17.4. The molecule has 3 aromatic rings. The third-order valence-corrected chi connectivity index (χ3v) is 6.42. The van der Waals surface area contributed by atoms with Crippen LogP contribution in [0.3, 0.4) is 0 Å². The Balaban J connectivity index is 1.60. The van der Waals surface area contributed by atoms with Crippen molar-refractivity contribution in [2.24, 2.45) is 0 Å². The first-order valence-corrected chi connectivity index (χ1v) is 11.7. The fourth-order valence-corrected chi connectivity index (χ4v) is 4.40. The van der Waals surface area contributed by atoms with Crippen molar-refractivity contribution in [2.75, 3.05) is 13.1 Å². The predicted octanol–water partition coefficient (Wildman–Crippen LogP) is 3.82. The van der Waals surface area contributed by atoms with Crippen LogP contribution in [0.5, 0.6) is 0 Å². The first-order chi connectivity index (χ1) is 14.9. The molecule has 0 saturated heterocycles. The summed E-state index contributed by atoms with van der Waals surface area (Å²) in [5, 5.41) is 10.7. The van der Waals surface area contributed by atoms with E-state index in [9.17, 15) is 13.2 Å². The lowest BCUT2D eigenvalue weighted by atomic mass is 10.1. The molecule has 3 rings (SSSR count). The molecule has 1 amide bonds. The number of amides is 1. The number of nitrogens with zero attached hydrogens (tertiary/aromatic N) is 2. The van der Waals surface area contributed by atoms with Gasteiger partial charge in [-0.1, -0.05) is 49.4 Å². The van der Waals surface area contributed by atoms with E-state index in [2.05, 4.69) is 10.8 Å². The van der Waals surface area contributed by atoms with Gasteiger partial charge in [-0.3, -0.25) is 4.79 Å². The molecule has 7 heteroatoms. The number of carbonyl (C=O) groups is 1. The highest BCUT2D eigenvalue weighted by Gasteiger charge is 2.17. The van der Waals surface area contributed by atoms with E-state index in [1.54, 1.807) is 35.2 Å². The van der Waals surface area contributed by atoms with Crippen LogP contribution in [0.1, 0.15) is 30.9 Å². The number of fused-ring (bicyclic) bond motifs is 1. The monoisotopic (exact) mass is 435 g/mol. The van der Waals surface area contributed by atoms with Gasteiger partial charge in [-0.05, 0) is 47.0 Å². The molecule has 0 bridgehead atoms. The molecule has 0 saturated carbocycles. The average Bonchev–Trinajstić information content (AvgIpc) is 2.78. The summed E-state index contributed by atoms with van der Waals surface area (Å²) >= 11 is 0. The van der Waals surface area contributed by atoms with Gasteiger partial charge in [0.1, 0.15) is 0 Å². The summed E-state index contributed by atoms with van der Waals surface area (Å²) in [6.07, 6.45) is 0.869. The van der Waals surface area contributed by atoms with Gasteiger partial charge in [0.2, 0.25) is 15.9 Å². The van der Waals surface area contributed by atoms with E-state index < -0.39 is 10.0 Å². The number of hydrogen-bond acceptors (Lipinski definition) is 4. The summed E-state index contributed by atoms with van der Waals surface area (Å²) in [5.74, 6) is -0.118. The summed E-state index contributed by atoms with van der Waals surface area (Å²) in [4.78, 5) is 14.6. The standard InChI is InChI=1S/C24H25N3O3S/c1-2-15-27(18-20-9-7-19(17-25)8-10-20)24(28)13-14-26-31(29,30)23-12-11-21-5-3-4-6-22(21)16-23/h3-12,16,26H,2,13-15,18H2,1H3. The number of nitriles is 1. The number of rotatable bonds is 9. The minimum atomic E-state index is -3.70. The maximum Gasteiger partial charge on any atom is 0.240 e. The lowest BCUT2D eigenvalue weighted by Gasteiger charge is -2.22. The van der Waals surface area contributed by atoms with Crippen LogP contribution in [0.25, 0.3) is 10.8 Å². The van der Waals surface area contributed by atoms with Gasteiger partial charge in [-0.15, -0.1) is 0 Å². The van der Waals surface area contributed by atoms with Crippen molar-refractivity contribution in [1.82, 2.24) is 9.62 Å². The minimum absolute atomic E-state index is 0.0293. The molecule has 0 fully saturated rings. The van der Waals surface area contributed by atoms with Gasteiger partial charge in [0, 0.05) is 26.1 Å². The summed E-state index contributed by atoms with van der Waals surface area (Å²) in [6.45, 7) is 3.02. The van der Waals surface area contributed by atoms with Crippen molar-refractivity contribution in [3.63, 3.8) is 0 Å². The molecule has 0 heterocycles. The van der Waals surface area contributed by atoms with E-state index in [0.29, 0.717) is 18.7 Å². The van der Waals surface area contributed by atoms with E-state index in [0.717, 1.165) is 22.8 Å². The molecule has 0 spiro atoms. The van der Waals surface area contributed by atoms with Crippen molar-refractivity contribution in [2.45, 2.75) is 31.2 Å². The van der Waals surface area contributed by atoms with Gasteiger partial charge in [-0.25, -0.2) is 13.1 Å². The molecular weight excluding hydrogens is 410 g/mol. The summed E-state index contributed by atoms with van der Waals surface area (Å²) < 4.78 is 27.8. The molecule has 0 aliphatic heterocycles. The van der Waals surface area contributed by atoms with Gasteiger partial charge in [0.25, 0.3) is 0 Å². The molecule has 160 valence electrons. The van der Waals surface area contributed by atoms with Crippen LogP contribution in [0, 0.1) is 11.3 Å². The van der Waals surface area contributed by atoms with Gasteiger partial charge in [0.05, 0.1) is 16.5 Å². The number of carbonyl (C=O) groups excluding carboxylic acids is 1. The molecule has 3 aromatic carbocycles. The van der Waals surface area contributed by atoms with Crippen LogP contribution >= 0.6 is 0 Å². The largest absolute Gasteiger partial charge is 0.338 e. The zero-order chi connectivity index (χ0) is 22.3. The van der Waals surface area contributed by atoms with Crippen LogP contribution in [-0.4, -0.2) is 32.3 Å². The lowest BCUT2D eigenvalue weighted by molar-refractivity contribution is -0.131. The number of nitrogens with one attached hydrogen (secondary N) is 1. The molecule has 0 radical (unpaired) electrons. The first-order valence-electron chi connectivity index (χ1n) is 10.2. The lowest BCUT2D eigenvalue weighted by Crippen LogP contribution is -2.34. The smallest absolute Gasteiger partial charge is 0.240 e. The molecule has 1 N–H and O–H groups in total. The van der Waals surface area contributed by atoms with Crippen molar-refractivity contribution < 1.29 is 13.2 Å². The Morgan fingerprint density at radius 3 is 2.42 bits per heavy atom. The van der Waals surface area contributed by atoms with Crippen molar-refractivity contribution >= 4 is 26.7 Å². The SMILES string of the molecule is CCCN(Cc1ccc(C#N)cc1)C(=O)CCNS(=O)(=O)c1ccc2ccccc2c1. The van der Waals surface area contributed by atoms with E-state index >= 15 is 0 Å². The third kappa shape index (κ3) is 5.91. The van der Waals surface area contributed by atoms with Crippen LogP contribution in [-0.2, 0) is 21.4 Å². The predicted molar refractivity (Wildman–Crippen MR) is 121 cm³/mol. The molecule has 0 atom stereocenters. The quantitative estimate of drug-likeness (QED) is 0.553. The molecule has 0 aliphatic carbocycles. The van der Waals surface area contributed by atoms with Crippen LogP contribution < -0.4 is 4.72 Å². The zero-order valence-corrected chi connectivity index (χ0v) is 18.2. The second-order valence-corrected chi connectivity index (χ2v) is 9.05. The molecule has 0 unspecified atom stereocenters. The topological polar surface area (TPSA) is 90.3 Å². The number of hydrogen-bond donors (Lipinski definition) is 1. The van der Waals surface area contributed by atoms with Crippen LogP contribution in [0.2, 0.25) is 0 Å². The Labute approximate surface area is 183 Å². The molecule has 6 nitrogen and oxygen atoms in total. The average molecular weight is 436 g/mol. The van der Waals surface area contributed by atoms with Crippen molar-refractivity contribution in [1.29, 1.82) is 5.26 Å². The Kier molecular flexibility index (Phi) is 7.40. The first kappa shape index (κ1) is 22.5. The van der Waals surface area contributed by atoms with Crippen LogP contribution in [0.4, 0.5) is 0 Å². The number of benzene rings is 3. The second kappa shape index (κ2) is 10.2. The highest BCUT2D eigenvalue weighted by atomic mass is 32.2. The maximum absolute atomic E-state index is 12.7. The highest BCUT2D eigenvalue weighted by Crippen LogP contribution is 2.19. The van der Waals surface area contributed by atoms with Crippen LogP contribution in [0.15, 0.2) is 71.6 Å². The second-order valence-electron chi connectivity index (χ2n) is 7.28. The van der Waals surface area contributed by atoms with E-state index in [1.807, 2.05) is 43.3 Å². The van der Waals surface area contributed by atoms with E-state index in [1.165, 1.54) is 0 Å². The minimum Gasteiger partial charge on any atom is -0.338 e. The van der Waals surface area contributed by atoms with E-state index in [4.69, 9.17) is 5.26 Å². The Morgan fingerprint density at radius 2 is 1.74 bits per heavy atom. The fraction of sp³-hybridized carbons (Fsp3) is 0.250. The summed E-state index contributed by atoms with van der Waals surface area (Å²) in [7, 11) is -3.70. The Morgan fingerprint density at radius 1 is 1.03 bits per heavy atom. The highest BCUT2D eigenvalue weighted by molar-refractivity contribution is 7.89. The van der Waals surface area contributed by atoms with Gasteiger partial charge in [0.15, 0.2) is 0 Å². The Hall–Kier alpha value is -3.21. The molecular formula is C24H25N3O3S.